The van der Waals surface area contributed by atoms with Gasteiger partial charge in [0.1, 0.15) is 11.5 Å². The molecule has 0 aromatic heterocycles. The molecule has 4 N–H and O–H groups in total. The Hall–Kier alpha value is -1.19. The van der Waals surface area contributed by atoms with Crippen molar-refractivity contribution in [1.29, 1.82) is 0 Å². The zero-order valence-electron chi connectivity index (χ0n) is 8.60. The lowest BCUT2D eigenvalue weighted by Crippen LogP contribution is -2.10. The van der Waals surface area contributed by atoms with E-state index in [2.05, 4.69) is 6.58 Å². The largest absolute Gasteiger partial charge is 0.508 e. The summed E-state index contributed by atoms with van der Waals surface area (Å²) in [5.41, 5.74) is 7.33. The minimum atomic E-state index is -0.320. The van der Waals surface area contributed by atoms with E-state index < -0.39 is 0 Å². The van der Waals surface area contributed by atoms with Crippen LogP contribution in [0.5, 0.6) is 11.5 Å². The number of nitrogens with two attached hydrogens (primary N) is 1. The Labute approximate surface area is 95.6 Å². The highest BCUT2D eigenvalue weighted by molar-refractivity contribution is 5.85. The molecule has 0 radical (unpaired) electrons. The van der Waals surface area contributed by atoms with Gasteiger partial charge in [-0.2, -0.15) is 0 Å². The van der Waals surface area contributed by atoms with E-state index in [1.807, 2.05) is 6.92 Å². The van der Waals surface area contributed by atoms with Crippen LogP contribution in [0.1, 0.15) is 24.9 Å². The Bertz CT molecular complexity index is 352. The molecule has 84 valence electrons. The van der Waals surface area contributed by atoms with Gasteiger partial charge >= 0.3 is 0 Å². The van der Waals surface area contributed by atoms with Gasteiger partial charge in [-0.25, -0.2) is 0 Å². The molecule has 4 heteroatoms. The molecule has 0 heterocycles. The lowest BCUT2D eigenvalue weighted by Gasteiger charge is -2.13. The summed E-state index contributed by atoms with van der Waals surface area (Å²) >= 11 is 0. The quantitative estimate of drug-likeness (QED) is 0.551. The first-order valence-corrected chi connectivity index (χ1v) is 4.42. The Morgan fingerprint density at radius 1 is 1.47 bits per heavy atom. The third-order valence-electron chi connectivity index (χ3n) is 1.98. The minimum Gasteiger partial charge on any atom is -0.508 e. The second-order valence-corrected chi connectivity index (χ2v) is 3.51. The fourth-order valence-corrected chi connectivity index (χ4v) is 1.32. The van der Waals surface area contributed by atoms with E-state index in [0.717, 1.165) is 5.57 Å². The highest BCUT2D eigenvalue weighted by atomic mass is 35.5. The van der Waals surface area contributed by atoms with Crippen LogP contribution in [0.25, 0.3) is 0 Å². The van der Waals surface area contributed by atoms with Crippen LogP contribution >= 0.6 is 12.4 Å². The van der Waals surface area contributed by atoms with Crippen LogP contribution in [0.4, 0.5) is 0 Å². The number of phenols is 2. The molecular formula is C11H16ClNO2. The first-order chi connectivity index (χ1) is 6.50. The van der Waals surface area contributed by atoms with E-state index in [9.17, 15) is 10.2 Å². The van der Waals surface area contributed by atoms with Crippen molar-refractivity contribution in [2.24, 2.45) is 5.73 Å². The molecule has 15 heavy (non-hydrogen) atoms. The first kappa shape index (κ1) is 13.8. The molecule has 0 aliphatic carbocycles. The summed E-state index contributed by atoms with van der Waals surface area (Å²) in [5, 5.41) is 18.7. The van der Waals surface area contributed by atoms with E-state index in [4.69, 9.17) is 5.73 Å². The molecule has 1 atom stereocenters. The monoisotopic (exact) mass is 229 g/mol. The molecule has 0 aliphatic rings. The summed E-state index contributed by atoms with van der Waals surface area (Å²) in [6.45, 7) is 5.62. The van der Waals surface area contributed by atoms with Gasteiger partial charge in [0, 0.05) is 11.6 Å². The van der Waals surface area contributed by atoms with E-state index in [1.165, 1.54) is 18.2 Å². The summed E-state index contributed by atoms with van der Waals surface area (Å²) < 4.78 is 0. The maximum Gasteiger partial charge on any atom is 0.120 e. The second-order valence-electron chi connectivity index (χ2n) is 3.51. The highest BCUT2D eigenvalue weighted by Gasteiger charge is 2.11. The van der Waals surface area contributed by atoms with Crippen molar-refractivity contribution in [3.8, 4) is 11.5 Å². The number of aromatic hydroxyl groups is 2. The predicted octanol–water partition coefficient (Wildman–Crippen LogP) is 2.49. The molecule has 0 saturated carbocycles. The molecule has 0 bridgehead atoms. The van der Waals surface area contributed by atoms with Crippen LogP contribution in [0, 0.1) is 0 Å². The number of rotatable bonds is 3. The lowest BCUT2D eigenvalue weighted by molar-refractivity contribution is 0.448. The van der Waals surface area contributed by atoms with Gasteiger partial charge in [-0.1, -0.05) is 5.57 Å². The standard InChI is InChI=1S/C11H15NO2.ClH/c1-7(2)5-10(12)9-6-8(13)3-4-11(9)14;/h3-4,6,10,13-14H,1,5,12H2,2H3;1H/t10-;/m0./s1. The van der Waals surface area contributed by atoms with Crippen LogP contribution in [-0.2, 0) is 0 Å². The predicted molar refractivity (Wildman–Crippen MR) is 63.4 cm³/mol. The van der Waals surface area contributed by atoms with Crippen LogP contribution in [-0.4, -0.2) is 10.2 Å². The van der Waals surface area contributed by atoms with Gasteiger partial charge in [0.15, 0.2) is 0 Å². The summed E-state index contributed by atoms with van der Waals surface area (Å²) in [7, 11) is 0. The van der Waals surface area contributed by atoms with Crippen molar-refractivity contribution in [3.63, 3.8) is 0 Å². The molecule has 0 aliphatic heterocycles. The average molecular weight is 230 g/mol. The smallest absolute Gasteiger partial charge is 0.120 e. The zero-order valence-corrected chi connectivity index (χ0v) is 9.42. The molecule has 3 nitrogen and oxygen atoms in total. The number of hydrogen-bond donors (Lipinski definition) is 3. The molecule has 0 saturated heterocycles. The Kier molecular flexibility index (Phi) is 5.19. The van der Waals surface area contributed by atoms with Gasteiger partial charge in [-0.05, 0) is 31.5 Å². The maximum atomic E-state index is 9.50. The molecule has 0 fully saturated rings. The van der Waals surface area contributed by atoms with Gasteiger partial charge in [0.05, 0.1) is 0 Å². The van der Waals surface area contributed by atoms with Crippen molar-refractivity contribution < 1.29 is 10.2 Å². The van der Waals surface area contributed by atoms with Gasteiger partial charge in [-0.3, -0.25) is 0 Å². The molecule has 0 amide bonds. The third-order valence-corrected chi connectivity index (χ3v) is 1.98. The number of hydrogen-bond acceptors (Lipinski definition) is 3. The van der Waals surface area contributed by atoms with Gasteiger partial charge < -0.3 is 15.9 Å². The fourth-order valence-electron chi connectivity index (χ4n) is 1.32. The second kappa shape index (κ2) is 5.63. The van der Waals surface area contributed by atoms with E-state index in [0.29, 0.717) is 12.0 Å². The summed E-state index contributed by atoms with van der Waals surface area (Å²) in [4.78, 5) is 0. The van der Waals surface area contributed by atoms with Crippen molar-refractivity contribution in [2.45, 2.75) is 19.4 Å². The van der Waals surface area contributed by atoms with Crippen LogP contribution in [0.15, 0.2) is 30.4 Å². The summed E-state index contributed by atoms with van der Waals surface area (Å²) in [6.07, 6.45) is 0.594. The molecule has 1 aromatic carbocycles. The molecule has 0 spiro atoms. The normalized spacial score (nSPS) is 11.6. The number of phenolic OH excluding ortho intramolecular Hbond substituents is 2. The van der Waals surface area contributed by atoms with E-state index >= 15 is 0 Å². The minimum absolute atomic E-state index is 0. The fraction of sp³-hybridized carbons (Fsp3) is 0.273. The zero-order chi connectivity index (χ0) is 10.7. The van der Waals surface area contributed by atoms with Gasteiger partial charge in [0.25, 0.3) is 0 Å². The molecule has 1 rings (SSSR count). The molecule has 1 aromatic rings. The topological polar surface area (TPSA) is 66.5 Å². The van der Waals surface area contributed by atoms with Crippen molar-refractivity contribution >= 4 is 12.4 Å². The first-order valence-electron chi connectivity index (χ1n) is 4.42. The Morgan fingerprint density at radius 3 is 2.60 bits per heavy atom. The lowest BCUT2D eigenvalue weighted by atomic mass is 10.0. The summed E-state index contributed by atoms with van der Waals surface area (Å²) in [6, 6.07) is 4.01. The Morgan fingerprint density at radius 2 is 2.07 bits per heavy atom. The van der Waals surface area contributed by atoms with Crippen LogP contribution < -0.4 is 5.73 Å². The van der Waals surface area contributed by atoms with Gasteiger partial charge in [0.2, 0.25) is 0 Å². The maximum absolute atomic E-state index is 9.50. The van der Waals surface area contributed by atoms with Crippen molar-refractivity contribution in [1.82, 2.24) is 0 Å². The Balaban J connectivity index is 0.00000196. The SMILES string of the molecule is C=C(C)C[C@H](N)c1cc(O)ccc1O.Cl. The summed E-state index contributed by atoms with van der Waals surface area (Å²) in [5.74, 6) is 0.214. The van der Waals surface area contributed by atoms with Gasteiger partial charge in [-0.15, -0.1) is 19.0 Å². The van der Waals surface area contributed by atoms with Crippen LogP contribution in [0.3, 0.4) is 0 Å². The molecular weight excluding hydrogens is 214 g/mol. The van der Waals surface area contributed by atoms with Crippen molar-refractivity contribution in [2.75, 3.05) is 0 Å². The van der Waals surface area contributed by atoms with Crippen LogP contribution in [0.2, 0.25) is 0 Å². The number of benzene rings is 1. The number of halogens is 1. The van der Waals surface area contributed by atoms with E-state index in [1.54, 1.807) is 0 Å². The van der Waals surface area contributed by atoms with E-state index in [-0.39, 0.29) is 29.9 Å². The van der Waals surface area contributed by atoms with Crippen molar-refractivity contribution in [3.05, 3.63) is 35.9 Å². The third kappa shape index (κ3) is 3.81. The highest BCUT2D eigenvalue weighted by Crippen LogP contribution is 2.29. The molecule has 0 unspecified atom stereocenters. The average Bonchev–Trinajstić information content (AvgIpc) is 2.08.